The predicted molar refractivity (Wildman–Crippen MR) is 140 cm³/mol. The Bertz CT molecular complexity index is 676. The Hall–Kier alpha value is -1.04. The van der Waals surface area contributed by atoms with Crippen molar-refractivity contribution in [3.05, 3.63) is 47.1 Å². The van der Waals surface area contributed by atoms with E-state index < -0.39 is 0 Å². The van der Waals surface area contributed by atoms with Crippen molar-refractivity contribution < 1.29 is 0 Å². The molecule has 2 rings (SSSR count). The van der Waals surface area contributed by atoms with E-state index in [0.29, 0.717) is 22.7 Å². The fourth-order valence-corrected chi connectivity index (χ4v) is 6.05. The van der Waals surface area contributed by atoms with Crippen molar-refractivity contribution in [3.63, 3.8) is 0 Å². The standard InChI is InChI=1S/C31H52/c1-23(16-17-28-21-25(3)27(5)26(4)22-28)13-10-19-31(9)20-12-15-29(31)24(2)14-11-18-30(6,7)8/h14,16-17,25-26,29H,5,10-13,15,18-22H2,1-4,6-9H3. The Morgan fingerprint density at radius 3 is 2.39 bits per heavy atom. The number of rotatable bonds is 8. The Morgan fingerprint density at radius 1 is 1.13 bits per heavy atom. The molecular formula is C31H52. The summed E-state index contributed by atoms with van der Waals surface area (Å²) in [5.41, 5.74) is 7.23. The summed E-state index contributed by atoms with van der Waals surface area (Å²) >= 11 is 0. The topological polar surface area (TPSA) is 0 Å². The monoisotopic (exact) mass is 424 g/mol. The van der Waals surface area contributed by atoms with Crippen LogP contribution in [0.25, 0.3) is 0 Å². The molecule has 0 N–H and O–H groups in total. The molecule has 0 saturated heterocycles. The minimum atomic E-state index is 0.441. The number of hydrogen-bond donors (Lipinski definition) is 0. The van der Waals surface area contributed by atoms with E-state index in [4.69, 9.17) is 0 Å². The van der Waals surface area contributed by atoms with Crippen molar-refractivity contribution in [2.45, 2.75) is 120 Å². The smallest absolute Gasteiger partial charge is 0.0152 e. The maximum absolute atomic E-state index is 4.29. The van der Waals surface area contributed by atoms with E-state index in [9.17, 15) is 0 Å². The third-order valence-corrected chi connectivity index (χ3v) is 8.32. The first-order valence-corrected chi connectivity index (χ1v) is 13.1. The summed E-state index contributed by atoms with van der Waals surface area (Å²) in [5.74, 6) is 2.09. The van der Waals surface area contributed by atoms with E-state index in [2.05, 4.69) is 80.2 Å². The van der Waals surface area contributed by atoms with Crippen molar-refractivity contribution in [2.24, 2.45) is 28.6 Å². The van der Waals surface area contributed by atoms with Crippen LogP contribution in [0.15, 0.2) is 47.1 Å². The van der Waals surface area contributed by atoms with E-state index in [1.807, 2.05) is 0 Å². The largest absolute Gasteiger partial charge is 0.0993 e. The van der Waals surface area contributed by atoms with Gasteiger partial charge in [0.25, 0.3) is 0 Å². The van der Waals surface area contributed by atoms with Crippen LogP contribution in [-0.4, -0.2) is 0 Å². The highest BCUT2D eigenvalue weighted by Gasteiger charge is 2.38. The fraction of sp³-hybridized carbons (Fsp3) is 0.742. The van der Waals surface area contributed by atoms with Crippen LogP contribution in [0.3, 0.4) is 0 Å². The second kappa shape index (κ2) is 11.2. The van der Waals surface area contributed by atoms with Gasteiger partial charge >= 0.3 is 0 Å². The third-order valence-electron chi connectivity index (χ3n) is 8.32. The van der Waals surface area contributed by atoms with Gasteiger partial charge in [0.2, 0.25) is 0 Å². The lowest BCUT2D eigenvalue weighted by Gasteiger charge is -2.33. The van der Waals surface area contributed by atoms with Gasteiger partial charge in [-0.15, -0.1) is 0 Å². The summed E-state index contributed by atoms with van der Waals surface area (Å²) in [7, 11) is 0. The highest BCUT2D eigenvalue weighted by molar-refractivity contribution is 5.24. The zero-order chi connectivity index (χ0) is 23.2. The van der Waals surface area contributed by atoms with Crippen LogP contribution in [0.1, 0.15) is 120 Å². The summed E-state index contributed by atoms with van der Waals surface area (Å²) in [4.78, 5) is 0. The van der Waals surface area contributed by atoms with E-state index in [1.165, 1.54) is 69.8 Å². The zero-order valence-corrected chi connectivity index (χ0v) is 22.2. The van der Waals surface area contributed by atoms with Gasteiger partial charge in [0.1, 0.15) is 0 Å². The van der Waals surface area contributed by atoms with Gasteiger partial charge in [-0.2, -0.15) is 0 Å². The number of hydrogen-bond acceptors (Lipinski definition) is 0. The quantitative estimate of drug-likeness (QED) is 0.340. The highest BCUT2D eigenvalue weighted by Crippen LogP contribution is 2.50. The molecule has 0 spiro atoms. The minimum Gasteiger partial charge on any atom is -0.0993 e. The molecule has 0 amide bonds. The molecule has 0 nitrogen and oxygen atoms in total. The van der Waals surface area contributed by atoms with E-state index in [-0.39, 0.29) is 0 Å². The van der Waals surface area contributed by atoms with Crippen molar-refractivity contribution in [1.82, 2.24) is 0 Å². The van der Waals surface area contributed by atoms with Gasteiger partial charge in [0.15, 0.2) is 0 Å². The Morgan fingerprint density at radius 2 is 1.77 bits per heavy atom. The first kappa shape index (κ1) is 26.2. The molecule has 0 radical (unpaired) electrons. The van der Waals surface area contributed by atoms with Gasteiger partial charge in [-0.05, 0) is 100 Å². The molecule has 2 fully saturated rings. The molecule has 0 aromatic carbocycles. The minimum absolute atomic E-state index is 0.441. The highest BCUT2D eigenvalue weighted by atomic mass is 14.4. The van der Waals surface area contributed by atoms with Crippen molar-refractivity contribution in [1.29, 1.82) is 0 Å². The van der Waals surface area contributed by atoms with Crippen LogP contribution < -0.4 is 0 Å². The second-order valence-corrected chi connectivity index (χ2v) is 12.6. The Kier molecular flexibility index (Phi) is 9.47. The van der Waals surface area contributed by atoms with E-state index in [1.54, 1.807) is 16.7 Å². The molecule has 0 heteroatoms. The molecule has 4 unspecified atom stereocenters. The SMILES string of the molecule is C=C1C(C)CC(=CC=C(C)CCCC2(C)CCCC2C(C)=CCCC(C)(C)C)CC1C. The van der Waals surface area contributed by atoms with Crippen LogP contribution >= 0.6 is 0 Å². The summed E-state index contributed by atoms with van der Waals surface area (Å²) in [6.07, 6.45) is 20.5. The second-order valence-electron chi connectivity index (χ2n) is 12.6. The van der Waals surface area contributed by atoms with Gasteiger partial charge in [-0.1, -0.05) is 95.1 Å². The molecule has 4 atom stereocenters. The van der Waals surface area contributed by atoms with Gasteiger partial charge < -0.3 is 0 Å². The van der Waals surface area contributed by atoms with Crippen LogP contribution in [0.5, 0.6) is 0 Å². The summed E-state index contributed by atoms with van der Waals surface area (Å²) in [6, 6.07) is 0. The summed E-state index contributed by atoms with van der Waals surface area (Å²) in [5, 5.41) is 0. The normalized spacial score (nSPS) is 30.8. The van der Waals surface area contributed by atoms with Crippen LogP contribution in [0.4, 0.5) is 0 Å². The van der Waals surface area contributed by atoms with Gasteiger partial charge in [0, 0.05) is 0 Å². The van der Waals surface area contributed by atoms with Crippen LogP contribution in [-0.2, 0) is 0 Å². The van der Waals surface area contributed by atoms with Crippen LogP contribution in [0, 0.1) is 28.6 Å². The molecule has 0 aliphatic heterocycles. The maximum atomic E-state index is 4.29. The van der Waals surface area contributed by atoms with Gasteiger partial charge in [0.05, 0.1) is 0 Å². The van der Waals surface area contributed by atoms with Gasteiger partial charge in [-0.3, -0.25) is 0 Å². The number of allylic oxidation sites excluding steroid dienone is 7. The molecule has 2 aliphatic carbocycles. The van der Waals surface area contributed by atoms with Crippen molar-refractivity contribution in [2.75, 3.05) is 0 Å². The van der Waals surface area contributed by atoms with E-state index >= 15 is 0 Å². The summed E-state index contributed by atoms with van der Waals surface area (Å²) in [6.45, 7) is 23.3. The first-order valence-electron chi connectivity index (χ1n) is 13.1. The molecule has 31 heavy (non-hydrogen) atoms. The lowest BCUT2D eigenvalue weighted by atomic mass is 9.72. The fourth-order valence-electron chi connectivity index (χ4n) is 6.05. The predicted octanol–water partition coefficient (Wildman–Crippen LogP) is 10.2. The molecule has 0 bridgehead atoms. The zero-order valence-electron chi connectivity index (χ0n) is 22.2. The average Bonchev–Trinajstić information content (AvgIpc) is 3.04. The average molecular weight is 425 g/mol. The molecule has 0 heterocycles. The molecule has 0 aromatic heterocycles. The van der Waals surface area contributed by atoms with Gasteiger partial charge in [-0.25, -0.2) is 0 Å². The Labute approximate surface area is 195 Å². The summed E-state index contributed by atoms with van der Waals surface area (Å²) < 4.78 is 0. The molecular weight excluding hydrogens is 372 g/mol. The van der Waals surface area contributed by atoms with E-state index in [0.717, 1.165) is 5.92 Å². The molecule has 0 aromatic rings. The first-order chi connectivity index (χ1) is 14.4. The lowest BCUT2D eigenvalue weighted by molar-refractivity contribution is 0.232. The lowest BCUT2D eigenvalue weighted by Crippen LogP contribution is -2.22. The van der Waals surface area contributed by atoms with Crippen molar-refractivity contribution >= 4 is 0 Å². The Balaban J connectivity index is 1.86. The molecule has 2 aliphatic rings. The third kappa shape index (κ3) is 8.11. The molecule has 176 valence electrons. The van der Waals surface area contributed by atoms with Crippen molar-refractivity contribution in [3.8, 4) is 0 Å². The van der Waals surface area contributed by atoms with Crippen LogP contribution in [0.2, 0.25) is 0 Å². The molecule has 2 saturated carbocycles. The maximum Gasteiger partial charge on any atom is -0.0152 e.